The van der Waals surface area contributed by atoms with E-state index in [0.717, 1.165) is 23.5 Å². The Bertz CT molecular complexity index is 1510. The van der Waals surface area contributed by atoms with Crippen LogP contribution in [-0.2, 0) is 6.54 Å². The number of anilines is 2. The van der Waals surface area contributed by atoms with Crippen LogP contribution in [0.4, 0.5) is 11.4 Å². The van der Waals surface area contributed by atoms with Gasteiger partial charge in [-0.2, -0.15) is 0 Å². The number of amides is 1. The van der Waals surface area contributed by atoms with E-state index in [2.05, 4.69) is 28.4 Å². The van der Waals surface area contributed by atoms with E-state index in [1.807, 2.05) is 44.2 Å². The summed E-state index contributed by atoms with van der Waals surface area (Å²) in [5, 5.41) is 5.27. The fourth-order valence-corrected chi connectivity index (χ4v) is 4.92. The van der Waals surface area contributed by atoms with Crippen molar-refractivity contribution >= 4 is 33.8 Å². The second-order valence-electron chi connectivity index (χ2n) is 9.91. The van der Waals surface area contributed by atoms with Gasteiger partial charge in [-0.1, -0.05) is 30.3 Å². The Labute approximate surface area is 209 Å². The quantitative estimate of drug-likeness (QED) is 0.380. The molecule has 0 saturated heterocycles. The van der Waals surface area contributed by atoms with Gasteiger partial charge >= 0.3 is 0 Å². The Morgan fingerprint density at radius 3 is 2.56 bits per heavy atom. The zero-order chi connectivity index (χ0) is 24.9. The van der Waals surface area contributed by atoms with Gasteiger partial charge in [-0.25, -0.2) is 0 Å². The minimum atomic E-state index is -0.523. The number of nitrogens with one attached hydrogen (secondary N) is 1. The molecule has 0 saturated carbocycles. The molecule has 0 unspecified atom stereocenters. The average Bonchev–Trinajstić information content (AvgIpc) is 2.88. The zero-order valence-electron chi connectivity index (χ0n) is 20.2. The van der Waals surface area contributed by atoms with Crippen molar-refractivity contribution < 1.29 is 19.1 Å². The number of hydrogen-bond acceptors (Lipinski definition) is 5. The largest absolute Gasteiger partial charge is 0.487 e. The molecule has 0 aromatic heterocycles. The van der Waals surface area contributed by atoms with Crippen LogP contribution in [0.25, 0.3) is 10.8 Å². The van der Waals surface area contributed by atoms with Gasteiger partial charge in [0.1, 0.15) is 17.1 Å². The minimum absolute atomic E-state index is 0.0137. The summed E-state index contributed by atoms with van der Waals surface area (Å²) < 4.78 is 11.9. The number of rotatable bonds is 3. The molecular weight excluding hydrogens is 452 g/mol. The van der Waals surface area contributed by atoms with Crippen molar-refractivity contribution in [2.45, 2.75) is 32.4 Å². The summed E-state index contributed by atoms with van der Waals surface area (Å²) in [5.41, 5.74) is 3.21. The number of ketones is 1. The van der Waals surface area contributed by atoms with E-state index in [1.165, 1.54) is 10.8 Å². The second kappa shape index (κ2) is 8.41. The predicted octanol–water partition coefficient (Wildman–Crippen LogP) is 6.19. The second-order valence-corrected chi connectivity index (χ2v) is 9.91. The molecule has 36 heavy (non-hydrogen) atoms. The first-order valence-corrected chi connectivity index (χ1v) is 12.0. The lowest BCUT2D eigenvalue weighted by Gasteiger charge is -2.31. The number of nitrogens with zero attached hydrogens (tertiary/aromatic N) is 1. The van der Waals surface area contributed by atoms with E-state index in [0.29, 0.717) is 35.7 Å². The Morgan fingerprint density at radius 2 is 1.72 bits per heavy atom. The lowest BCUT2D eigenvalue weighted by molar-refractivity contribution is 0.0620. The highest BCUT2D eigenvalue weighted by Gasteiger charge is 2.32. The van der Waals surface area contributed by atoms with Crippen molar-refractivity contribution in [2.75, 3.05) is 16.9 Å². The maximum atomic E-state index is 12.9. The van der Waals surface area contributed by atoms with E-state index < -0.39 is 5.60 Å². The summed E-state index contributed by atoms with van der Waals surface area (Å²) in [6.45, 7) is 4.96. The smallest absolute Gasteiger partial charge is 0.255 e. The van der Waals surface area contributed by atoms with Gasteiger partial charge in [0.15, 0.2) is 12.5 Å². The highest BCUT2D eigenvalue weighted by atomic mass is 16.5. The Balaban J connectivity index is 1.18. The van der Waals surface area contributed by atoms with E-state index in [4.69, 9.17) is 9.47 Å². The number of carbonyl (C=O) groups is 2. The average molecular weight is 479 g/mol. The molecule has 0 radical (unpaired) electrons. The van der Waals surface area contributed by atoms with E-state index >= 15 is 0 Å². The summed E-state index contributed by atoms with van der Waals surface area (Å²) in [7, 11) is 0. The third-order valence-electron chi connectivity index (χ3n) is 6.73. The first-order valence-electron chi connectivity index (χ1n) is 12.0. The van der Waals surface area contributed by atoms with Crippen LogP contribution in [0.5, 0.6) is 11.5 Å². The summed E-state index contributed by atoms with van der Waals surface area (Å²) >= 11 is 0. The number of ether oxygens (including phenoxy) is 2. The van der Waals surface area contributed by atoms with Crippen molar-refractivity contribution in [1.82, 2.24) is 0 Å². The van der Waals surface area contributed by atoms with Crippen LogP contribution in [0.3, 0.4) is 0 Å². The third kappa shape index (κ3) is 4.05. The summed E-state index contributed by atoms with van der Waals surface area (Å²) in [6.07, 6.45) is 0.305. The molecule has 4 aromatic carbocycles. The van der Waals surface area contributed by atoms with Crippen molar-refractivity contribution in [1.29, 1.82) is 0 Å². The number of hydrogen-bond donors (Lipinski definition) is 1. The van der Waals surface area contributed by atoms with Crippen LogP contribution in [0, 0.1) is 0 Å². The molecule has 0 atom stereocenters. The minimum Gasteiger partial charge on any atom is -0.487 e. The van der Waals surface area contributed by atoms with Crippen molar-refractivity contribution in [3.05, 3.63) is 95.6 Å². The molecular formula is C30H26N2O4. The lowest BCUT2D eigenvalue weighted by Crippen LogP contribution is -2.35. The number of fused-ring (bicyclic) bond motifs is 4. The van der Waals surface area contributed by atoms with Gasteiger partial charge in [-0.05, 0) is 73.2 Å². The molecule has 6 rings (SSSR count). The van der Waals surface area contributed by atoms with Gasteiger partial charge in [0, 0.05) is 22.5 Å². The molecule has 0 spiro atoms. The molecule has 0 bridgehead atoms. The third-order valence-corrected chi connectivity index (χ3v) is 6.73. The van der Waals surface area contributed by atoms with Gasteiger partial charge in [-0.3, -0.25) is 9.59 Å². The topological polar surface area (TPSA) is 67.9 Å². The molecule has 1 amide bonds. The number of benzene rings is 4. The molecule has 1 N–H and O–H groups in total. The van der Waals surface area contributed by atoms with Gasteiger partial charge in [-0.15, -0.1) is 0 Å². The Morgan fingerprint density at radius 1 is 0.944 bits per heavy atom. The van der Waals surface area contributed by atoms with E-state index in [9.17, 15) is 9.59 Å². The first-order chi connectivity index (χ1) is 17.4. The summed E-state index contributed by atoms with van der Waals surface area (Å²) in [4.78, 5) is 27.6. The van der Waals surface area contributed by atoms with E-state index in [-0.39, 0.29) is 11.7 Å². The molecule has 0 aliphatic carbocycles. The summed E-state index contributed by atoms with van der Waals surface area (Å²) in [6, 6.07) is 25.1. The highest BCUT2D eigenvalue weighted by molar-refractivity contribution is 6.06. The monoisotopic (exact) mass is 478 g/mol. The standard InChI is InChI=1S/C30H26N2O4/c1-30(2)16-26(33)24-15-21(10-14-28(24)36-30)31-29(34)20-7-11-22(12-8-20)32-17-25-23-6-4-3-5-19(23)9-13-27(25)35-18-32/h3-15H,16-18H2,1-2H3,(H,31,34). The molecule has 0 fully saturated rings. The van der Waals surface area contributed by atoms with Crippen molar-refractivity contribution in [3.8, 4) is 11.5 Å². The molecule has 4 aromatic rings. The highest BCUT2D eigenvalue weighted by Crippen LogP contribution is 2.36. The maximum Gasteiger partial charge on any atom is 0.255 e. The van der Waals surface area contributed by atoms with E-state index in [1.54, 1.807) is 30.3 Å². The van der Waals surface area contributed by atoms with Gasteiger partial charge in [0.25, 0.3) is 5.91 Å². The normalized spacial score (nSPS) is 15.9. The predicted molar refractivity (Wildman–Crippen MR) is 140 cm³/mol. The maximum absolute atomic E-state index is 12.9. The fourth-order valence-electron chi connectivity index (χ4n) is 4.92. The Kier molecular flexibility index (Phi) is 5.18. The zero-order valence-corrected chi connectivity index (χ0v) is 20.2. The molecule has 6 nitrogen and oxygen atoms in total. The first kappa shape index (κ1) is 22.2. The van der Waals surface area contributed by atoms with Crippen LogP contribution in [-0.4, -0.2) is 24.0 Å². The van der Waals surface area contributed by atoms with Crippen LogP contribution in [0.15, 0.2) is 78.9 Å². The van der Waals surface area contributed by atoms with Gasteiger partial charge < -0.3 is 19.7 Å². The van der Waals surface area contributed by atoms with Crippen LogP contribution in [0.1, 0.15) is 46.5 Å². The van der Waals surface area contributed by atoms with Crippen LogP contribution < -0.4 is 19.7 Å². The Hall–Kier alpha value is -4.32. The van der Waals surface area contributed by atoms with Crippen molar-refractivity contribution in [2.24, 2.45) is 0 Å². The number of Topliss-reactive ketones (excluding diaryl/α,β-unsaturated/α-hetero) is 1. The lowest BCUT2D eigenvalue weighted by atomic mass is 9.93. The molecule has 2 aliphatic heterocycles. The van der Waals surface area contributed by atoms with Gasteiger partial charge in [0.05, 0.1) is 18.5 Å². The summed E-state index contributed by atoms with van der Waals surface area (Å²) in [5.74, 6) is 1.24. The number of carbonyl (C=O) groups excluding carboxylic acids is 2. The molecule has 180 valence electrons. The molecule has 2 heterocycles. The van der Waals surface area contributed by atoms with Crippen molar-refractivity contribution in [3.63, 3.8) is 0 Å². The van der Waals surface area contributed by atoms with Crippen LogP contribution in [0.2, 0.25) is 0 Å². The fraction of sp³-hybridized carbons (Fsp3) is 0.200. The van der Waals surface area contributed by atoms with Crippen LogP contribution >= 0.6 is 0 Å². The SMILES string of the molecule is CC1(C)CC(=O)c2cc(NC(=O)c3ccc(N4COc5ccc6ccccc6c5C4)cc3)ccc2O1. The molecule has 2 aliphatic rings. The van der Waals surface area contributed by atoms with Gasteiger partial charge in [0.2, 0.25) is 0 Å². The molecule has 6 heteroatoms.